The van der Waals surface area contributed by atoms with Gasteiger partial charge in [0.25, 0.3) is 5.91 Å². The van der Waals surface area contributed by atoms with Crippen molar-refractivity contribution in [3.63, 3.8) is 0 Å². The van der Waals surface area contributed by atoms with Crippen molar-refractivity contribution in [3.05, 3.63) is 35.4 Å². The molecule has 0 bridgehead atoms. The van der Waals surface area contributed by atoms with Crippen LogP contribution in [0.15, 0.2) is 24.3 Å². The second-order valence-corrected chi connectivity index (χ2v) is 10.4. The average Bonchev–Trinajstić information content (AvgIpc) is 3.29. The van der Waals surface area contributed by atoms with E-state index in [4.69, 9.17) is 0 Å². The summed E-state index contributed by atoms with van der Waals surface area (Å²) in [6, 6.07) is 8.17. The summed E-state index contributed by atoms with van der Waals surface area (Å²) < 4.78 is 0.519. The molecule has 3 aliphatic heterocycles. The molecule has 0 aliphatic carbocycles. The van der Waals surface area contributed by atoms with E-state index in [0.717, 1.165) is 44.6 Å². The highest BCUT2D eigenvalue weighted by Gasteiger charge is 2.26. The third-order valence-corrected chi connectivity index (χ3v) is 8.88. The van der Waals surface area contributed by atoms with E-state index in [9.17, 15) is 9.59 Å². The fraction of sp³-hybridized carbons (Fsp3) is 0.619. The largest absolute Gasteiger partial charge is 0.342 e. The first-order valence-electron chi connectivity index (χ1n) is 10.3. The van der Waals surface area contributed by atoms with Gasteiger partial charge in [-0.3, -0.25) is 14.5 Å². The molecule has 3 heterocycles. The monoisotopic (exact) mass is 419 g/mol. The zero-order chi connectivity index (χ0) is 19.3. The number of piperazine rings is 1. The van der Waals surface area contributed by atoms with Gasteiger partial charge in [-0.2, -0.15) is 0 Å². The molecule has 5 nitrogen and oxygen atoms in total. The lowest BCUT2D eigenvalue weighted by atomic mass is 10.1. The number of hydrogen-bond acceptors (Lipinski definition) is 5. The average molecular weight is 420 g/mol. The van der Waals surface area contributed by atoms with Gasteiger partial charge in [0.15, 0.2) is 0 Å². The third kappa shape index (κ3) is 4.86. The lowest BCUT2D eigenvalue weighted by molar-refractivity contribution is -0.133. The maximum absolute atomic E-state index is 12.8. The molecule has 1 aromatic rings. The Morgan fingerprint density at radius 1 is 0.821 bits per heavy atom. The number of rotatable bonds is 4. The number of benzene rings is 1. The normalized spacial score (nSPS) is 21.9. The summed E-state index contributed by atoms with van der Waals surface area (Å²) in [6.07, 6.45) is 3.50. The molecule has 3 fully saturated rings. The molecule has 7 heteroatoms. The first-order chi connectivity index (χ1) is 13.7. The molecular formula is C21H29N3O2S2. The van der Waals surface area contributed by atoms with Crippen LogP contribution in [0.2, 0.25) is 0 Å². The Bertz CT molecular complexity index is 677. The number of carbonyl (C=O) groups excluding carboxylic acids is 2. The third-order valence-electron chi connectivity index (χ3n) is 5.78. The molecule has 0 spiro atoms. The molecule has 3 saturated heterocycles. The summed E-state index contributed by atoms with van der Waals surface area (Å²) in [5.41, 5.74) is 2.08. The molecule has 0 radical (unpaired) electrons. The van der Waals surface area contributed by atoms with Crippen LogP contribution in [-0.4, -0.2) is 83.8 Å². The minimum absolute atomic E-state index is 0.111. The van der Waals surface area contributed by atoms with Crippen LogP contribution < -0.4 is 0 Å². The number of amides is 2. The van der Waals surface area contributed by atoms with Crippen LogP contribution in [0.3, 0.4) is 0 Å². The van der Waals surface area contributed by atoms with Crippen molar-refractivity contribution >= 4 is 35.3 Å². The Balaban J connectivity index is 1.26. The van der Waals surface area contributed by atoms with Gasteiger partial charge in [0.2, 0.25) is 5.91 Å². The fourth-order valence-corrected chi connectivity index (χ4v) is 6.92. The lowest BCUT2D eigenvalue weighted by Crippen LogP contribution is -2.52. The second kappa shape index (κ2) is 9.55. The van der Waals surface area contributed by atoms with Crippen molar-refractivity contribution in [3.8, 4) is 0 Å². The first-order valence-corrected chi connectivity index (χ1v) is 12.4. The second-order valence-electron chi connectivity index (χ2n) is 7.71. The summed E-state index contributed by atoms with van der Waals surface area (Å²) in [4.78, 5) is 31.4. The van der Waals surface area contributed by atoms with Gasteiger partial charge >= 0.3 is 0 Å². The van der Waals surface area contributed by atoms with E-state index in [1.54, 1.807) is 0 Å². The number of carbonyl (C=O) groups is 2. The van der Waals surface area contributed by atoms with Crippen LogP contribution in [0, 0.1) is 0 Å². The van der Waals surface area contributed by atoms with Gasteiger partial charge in [-0.1, -0.05) is 12.1 Å². The van der Waals surface area contributed by atoms with Crippen molar-refractivity contribution in [2.75, 3.05) is 57.3 Å². The summed E-state index contributed by atoms with van der Waals surface area (Å²) >= 11 is 3.97. The predicted molar refractivity (Wildman–Crippen MR) is 117 cm³/mol. The minimum atomic E-state index is 0.111. The molecule has 4 rings (SSSR count). The van der Waals surface area contributed by atoms with Gasteiger partial charge in [0.05, 0.1) is 11.1 Å². The summed E-state index contributed by atoms with van der Waals surface area (Å²) in [7, 11) is 0. The maximum atomic E-state index is 12.8. The SMILES string of the molecule is O=C(CN1CCN(C(=O)c2ccc(C3SCCS3)cc2)CC1)N1CCCCC1. The predicted octanol–water partition coefficient (Wildman–Crippen LogP) is 2.94. The molecule has 0 saturated carbocycles. The van der Waals surface area contributed by atoms with Crippen LogP contribution in [0.5, 0.6) is 0 Å². The van der Waals surface area contributed by atoms with E-state index in [-0.39, 0.29) is 11.8 Å². The number of thioether (sulfide) groups is 2. The Morgan fingerprint density at radius 2 is 1.46 bits per heavy atom. The Hall–Kier alpha value is -1.18. The van der Waals surface area contributed by atoms with E-state index in [2.05, 4.69) is 17.0 Å². The highest BCUT2D eigenvalue weighted by Crippen LogP contribution is 2.45. The van der Waals surface area contributed by atoms with Gasteiger partial charge in [0.1, 0.15) is 0 Å². The van der Waals surface area contributed by atoms with Crippen molar-refractivity contribution in [1.29, 1.82) is 0 Å². The fourth-order valence-electron chi connectivity index (χ4n) is 4.06. The van der Waals surface area contributed by atoms with Gasteiger partial charge in [-0.15, -0.1) is 23.5 Å². The Kier molecular flexibility index (Phi) is 6.86. The highest BCUT2D eigenvalue weighted by molar-refractivity contribution is 8.19. The topological polar surface area (TPSA) is 43.9 Å². The number of likely N-dealkylation sites (tertiary alicyclic amines) is 1. The zero-order valence-corrected chi connectivity index (χ0v) is 18.0. The molecule has 2 amide bonds. The number of nitrogens with zero attached hydrogens (tertiary/aromatic N) is 3. The van der Waals surface area contributed by atoms with Gasteiger partial charge in [-0.25, -0.2) is 0 Å². The molecular weight excluding hydrogens is 390 g/mol. The summed E-state index contributed by atoms with van der Waals surface area (Å²) in [5, 5.41) is 0. The Labute approximate surface area is 176 Å². The van der Waals surface area contributed by atoms with E-state index >= 15 is 0 Å². The van der Waals surface area contributed by atoms with Crippen molar-refractivity contribution in [1.82, 2.24) is 14.7 Å². The zero-order valence-electron chi connectivity index (χ0n) is 16.3. The Morgan fingerprint density at radius 3 is 2.11 bits per heavy atom. The van der Waals surface area contributed by atoms with E-state index < -0.39 is 0 Å². The van der Waals surface area contributed by atoms with Gasteiger partial charge < -0.3 is 9.80 Å². The summed E-state index contributed by atoms with van der Waals surface area (Å²) in [5.74, 6) is 2.78. The van der Waals surface area contributed by atoms with Gasteiger partial charge in [-0.05, 0) is 37.0 Å². The van der Waals surface area contributed by atoms with Crippen LogP contribution in [0.25, 0.3) is 0 Å². The van der Waals surface area contributed by atoms with E-state index in [1.807, 2.05) is 45.5 Å². The molecule has 0 N–H and O–H groups in total. The molecule has 0 aromatic heterocycles. The number of hydrogen-bond donors (Lipinski definition) is 0. The minimum Gasteiger partial charge on any atom is -0.342 e. The van der Waals surface area contributed by atoms with E-state index in [1.165, 1.54) is 23.5 Å². The highest BCUT2D eigenvalue weighted by atomic mass is 32.2. The van der Waals surface area contributed by atoms with E-state index in [0.29, 0.717) is 24.2 Å². The molecule has 0 atom stereocenters. The molecule has 152 valence electrons. The maximum Gasteiger partial charge on any atom is 0.253 e. The van der Waals surface area contributed by atoms with Crippen molar-refractivity contribution in [2.24, 2.45) is 0 Å². The molecule has 3 aliphatic rings. The smallest absolute Gasteiger partial charge is 0.253 e. The standard InChI is InChI=1S/C21H29N3O2S2/c25-19(23-8-2-1-3-9-23)16-22-10-12-24(13-11-22)20(26)17-4-6-18(7-5-17)21-27-14-15-28-21/h4-7,21H,1-3,8-16H2. The molecule has 28 heavy (non-hydrogen) atoms. The van der Waals surface area contributed by atoms with Crippen LogP contribution in [0.4, 0.5) is 0 Å². The van der Waals surface area contributed by atoms with Crippen molar-refractivity contribution < 1.29 is 9.59 Å². The van der Waals surface area contributed by atoms with Gasteiger partial charge in [0, 0.05) is 56.3 Å². The molecule has 1 aromatic carbocycles. The lowest BCUT2D eigenvalue weighted by Gasteiger charge is -2.36. The van der Waals surface area contributed by atoms with Crippen molar-refractivity contribution in [2.45, 2.75) is 23.8 Å². The number of piperidine rings is 1. The van der Waals surface area contributed by atoms with Crippen LogP contribution >= 0.6 is 23.5 Å². The summed E-state index contributed by atoms with van der Waals surface area (Å²) in [6.45, 7) is 5.26. The van der Waals surface area contributed by atoms with Crippen LogP contribution in [-0.2, 0) is 4.79 Å². The first kappa shape index (κ1) is 20.1. The molecule has 0 unspecified atom stereocenters. The van der Waals surface area contributed by atoms with Crippen LogP contribution in [0.1, 0.15) is 39.8 Å². The quantitative estimate of drug-likeness (QED) is 0.751.